The molecule has 0 radical (unpaired) electrons. The molecule has 1 aromatic rings. The Hall–Kier alpha value is -1.31. The van der Waals surface area contributed by atoms with E-state index in [4.69, 9.17) is 4.74 Å². The van der Waals surface area contributed by atoms with E-state index in [2.05, 4.69) is 45.5 Å². The van der Waals surface area contributed by atoms with Gasteiger partial charge in [-0.1, -0.05) is 30.3 Å². The number of guanidine groups is 1. The number of carbonyl (C=O) groups excluding carboxylic acids is 1. The largest absolute Gasteiger partial charge is 0.466 e. The van der Waals surface area contributed by atoms with Gasteiger partial charge < -0.3 is 15.0 Å². The lowest BCUT2D eigenvalue weighted by atomic mass is 9.98. The van der Waals surface area contributed by atoms with Gasteiger partial charge in [-0.25, -0.2) is 0 Å². The molecule has 3 atom stereocenters. The molecule has 3 rings (SSSR count). The van der Waals surface area contributed by atoms with Gasteiger partial charge in [0.25, 0.3) is 0 Å². The van der Waals surface area contributed by atoms with Crippen LogP contribution in [0.5, 0.6) is 0 Å². The monoisotopic (exact) mass is 457 g/mol. The summed E-state index contributed by atoms with van der Waals surface area (Å²) in [6, 6.07) is 11.0. The van der Waals surface area contributed by atoms with Gasteiger partial charge in [-0.05, 0) is 31.7 Å². The first-order valence-electron chi connectivity index (χ1n) is 8.92. The molecule has 0 aromatic heterocycles. The number of likely N-dealkylation sites (tertiary alicyclic amines) is 1. The van der Waals surface area contributed by atoms with Crippen molar-refractivity contribution in [2.45, 2.75) is 38.1 Å². The number of piperidine rings is 1. The van der Waals surface area contributed by atoms with Gasteiger partial charge in [-0.15, -0.1) is 24.0 Å². The minimum absolute atomic E-state index is 0. The minimum atomic E-state index is -0.0776. The Balaban J connectivity index is 0.00000225. The second kappa shape index (κ2) is 9.40. The Morgan fingerprint density at radius 2 is 2.12 bits per heavy atom. The summed E-state index contributed by atoms with van der Waals surface area (Å²) in [6.07, 6.45) is 3.04. The molecule has 1 aromatic carbocycles. The molecular weight excluding hydrogens is 429 g/mol. The van der Waals surface area contributed by atoms with Crippen molar-refractivity contribution in [1.29, 1.82) is 0 Å². The third kappa shape index (κ3) is 5.09. The number of rotatable bonds is 4. The molecular formula is C19H28IN3O2. The molecule has 2 fully saturated rings. The maximum atomic E-state index is 12.0. The molecule has 5 nitrogen and oxygen atoms in total. The predicted octanol–water partition coefficient (Wildman–Crippen LogP) is 3.01. The highest BCUT2D eigenvalue weighted by molar-refractivity contribution is 14.0. The molecule has 138 valence electrons. The summed E-state index contributed by atoms with van der Waals surface area (Å²) in [5.41, 5.74) is 1.38. The number of hydrogen-bond acceptors (Lipinski definition) is 3. The number of nitrogens with one attached hydrogen (secondary N) is 1. The molecule has 0 bridgehead atoms. The third-order valence-corrected chi connectivity index (χ3v) is 4.89. The van der Waals surface area contributed by atoms with Crippen LogP contribution in [-0.4, -0.2) is 49.6 Å². The van der Waals surface area contributed by atoms with E-state index in [9.17, 15) is 4.79 Å². The van der Waals surface area contributed by atoms with E-state index < -0.39 is 0 Å². The van der Waals surface area contributed by atoms with E-state index in [1.54, 1.807) is 0 Å². The van der Waals surface area contributed by atoms with Gasteiger partial charge in [0.1, 0.15) is 0 Å². The van der Waals surface area contributed by atoms with Gasteiger partial charge in [0, 0.05) is 32.1 Å². The van der Waals surface area contributed by atoms with E-state index >= 15 is 0 Å². The normalized spacial score (nSPS) is 25.8. The second-order valence-electron chi connectivity index (χ2n) is 6.59. The lowest BCUT2D eigenvalue weighted by Gasteiger charge is -2.34. The molecule has 2 aliphatic rings. The van der Waals surface area contributed by atoms with E-state index in [1.165, 1.54) is 5.56 Å². The third-order valence-electron chi connectivity index (χ3n) is 4.89. The fourth-order valence-electron chi connectivity index (χ4n) is 3.51. The van der Waals surface area contributed by atoms with Crippen LogP contribution in [0.25, 0.3) is 0 Å². The zero-order valence-corrected chi connectivity index (χ0v) is 17.3. The van der Waals surface area contributed by atoms with Crippen LogP contribution in [0.2, 0.25) is 0 Å². The summed E-state index contributed by atoms with van der Waals surface area (Å²) in [5, 5.41) is 3.57. The van der Waals surface area contributed by atoms with Gasteiger partial charge in [-0.3, -0.25) is 9.79 Å². The van der Waals surface area contributed by atoms with Crippen LogP contribution < -0.4 is 5.32 Å². The number of hydrogen-bond donors (Lipinski definition) is 1. The van der Waals surface area contributed by atoms with Crippen LogP contribution in [-0.2, 0) is 9.53 Å². The molecule has 1 N–H and O–H groups in total. The second-order valence-corrected chi connectivity index (χ2v) is 6.59. The Labute approximate surface area is 167 Å². The van der Waals surface area contributed by atoms with E-state index in [0.29, 0.717) is 25.1 Å². The number of halogens is 1. The van der Waals surface area contributed by atoms with Crippen molar-refractivity contribution in [2.75, 3.05) is 26.7 Å². The van der Waals surface area contributed by atoms with E-state index in [-0.39, 0.29) is 35.9 Å². The van der Waals surface area contributed by atoms with Crippen molar-refractivity contribution in [2.24, 2.45) is 10.9 Å². The number of aliphatic imine (C=N–C) groups is 1. The first kappa shape index (κ1) is 20.0. The first-order valence-corrected chi connectivity index (χ1v) is 8.92. The summed E-state index contributed by atoms with van der Waals surface area (Å²) in [5.74, 6) is 1.36. The highest BCUT2D eigenvalue weighted by Gasteiger charge is 2.40. The quantitative estimate of drug-likeness (QED) is 0.327. The van der Waals surface area contributed by atoms with Gasteiger partial charge >= 0.3 is 5.97 Å². The molecule has 1 aliphatic heterocycles. The Bertz CT molecular complexity index is 594. The molecule has 25 heavy (non-hydrogen) atoms. The molecule has 3 unspecified atom stereocenters. The Morgan fingerprint density at radius 1 is 1.36 bits per heavy atom. The summed E-state index contributed by atoms with van der Waals surface area (Å²) in [7, 11) is 1.82. The minimum Gasteiger partial charge on any atom is -0.466 e. The van der Waals surface area contributed by atoms with Crippen molar-refractivity contribution in [3.05, 3.63) is 35.9 Å². The van der Waals surface area contributed by atoms with Crippen molar-refractivity contribution < 1.29 is 9.53 Å². The van der Waals surface area contributed by atoms with Gasteiger partial charge in [0.2, 0.25) is 0 Å². The fourth-order valence-corrected chi connectivity index (χ4v) is 3.51. The van der Waals surface area contributed by atoms with Crippen LogP contribution in [0.3, 0.4) is 0 Å². The summed E-state index contributed by atoms with van der Waals surface area (Å²) in [4.78, 5) is 18.7. The lowest BCUT2D eigenvalue weighted by Crippen LogP contribution is -2.49. The van der Waals surface area contributed by atoms with Crippen LogP contribution >= 0.6 is 24.0 Å². The average Bonchev–Trinajstić information content (AvgIpc) is 3.40. The number of nitrogens with zero attached hydrogens (tertiary/aromatic N) is 2. The highest BCUT2D eigenvalue weighted by atomic mass is 127. The lowest BCUT2D eigenvalue weighted by molar-refractivity contribution is -0.149. The van der Waals surface area contributed by atoms with Crippen molar-refractivity contribution in [3.63, 3.8) is 0 Å². The molecule has 1 saturated carbocycles. The zero-order valence-electron chi connectivity index (χ0n) is 15.0. The van der Waals surface area contributed by atoms with Crippen LogP contribution in [0.4, 0.5) is 0 Å². The van der Waals surface area contributed by atoms with Crippen LogP contribution in [0, 0.1) is 5.92 Å². The molecule has 6 heteroatoms. The molecule has 1 heterocycles. The van der Waals surface area contributed by atoms with Crippen molar-refractivity contribution in [3.8, 4) is 0 Å². The zero-order chi connectivity index (χ0) is 16.9. The summed E-state index contributed by atoms with van der Waals surface area (Å²) >= 11 is 0. The number of ether oxygens (including phenoxy) is 1. The van der Waals surface area contributed by atoms with Gasteiger partial charge in [0.15, 0.2) is 5.96 Å². The summed E-state index contributed by atoms with van der Waals surface area (Å²) in [6.45, 7) is 3.94. The van der Waals surface area contributed by atoms with Crippen molar-refractivity contribution in [1.82, 2.24) is 10.2 Å². The van der Waals surface area contributed by atoms with Crippen molar-refractivity contribution >= 4 is 35.9 Å². The fraction of sp³-hybridized carbons (Fsp3) is 0.579. The van der Waals surface area contributed by atoms with Gasteiger partial charge in [0.05, 0.1) is 12.5 Å². The number of carbonyl (C=O) groups is 1. The maximum Gasteiger partial charge on any atom is 0.310 e. The predicted molar refractivity (Wildman–Crippen MR) is 110 cm³/mol. The highest BCUT2D eigenvalue weighted by Crippen LogP contribution is 2.40. The molecule has 1 aliphatic carbocycles. The average molecular weight is 457 g/mol. The molecule has 1 saturated heterocycles. The van der Waals surface area contributed by atoms with Crippen LogP contribution in [0.15, 0.2) is 35.3 Å². The Kier molecular flexibility index (Phi) is 7.53. The first-order chi connectivity index (χ1) is 11.7. The molecule has 0 spiro atoms. The topological polar surface area (TPSA) is 53.9 Å². The maximum absolute atomic E-state index is 12.0. The molecule has 0 amide bonds. The number of esters is 1. The smallest absolute Gasteiger partial charge is 0.310 e. The Morgan fingerprint density at radius 3 is 2.80 bits per heavy atom. The summed E-state index contributed by atoms with van der Waals surface area (Å²) < 4.78 is 5.19. The SMILES string of the molecule is CCOC(=O)C1CCCN(C(=NC)NC2CC2c2ccccc2)C1.I. The number of benzene rings is 1. The van der Waals surface area contributed by atoms with E-state index in [0.717, 1.165) is 31.8 Å². The standard InChI is InChI=1S/C19H27N3O2.HI/c1-3-24-18(23)15-10-7-11-22(13-15)19(20-2)21-17-12-16(17)14-8-5-4-6-9-14;/h4-6,8-9,15-17H,3,7,10-13H2,1-2H3,(H,20,21);1H. The van der Waals surface area contributed by atoms with E-state index in [1.807, 2.05) is 14.0 Å². The van der Waals surface area contributed by atoms with Gasteiger partial charge in [-0.2, -0.15) is 0 Å². The van der Waals surface area contributed by atoms with Crippen LogP contribution in [0.1, 0.15) is 37.7 Å².